The molecule has 0 spiro atoms. The van der Waals surface area contributed by atoms with Crippen molar-refractivity contribution in [1.82, 2.24) is 14.6 Å². The molecule has 0 unspecified atom stereocenters. The number of nitro benzene ring substituents is 1. The molecule has 7 nitrogen and oxygen atoms in total. The molecule has 0 fully saturated rings. The van der Waals surface area contributed by atoms with Crippen LogP contribution >= 0.6 is 0 Å². The lowest BCUT2D eigenvalue weighted by Crippen LogP contribution is -2.10. The van der Waals surface area contributed by atoms with Crippen molar-refractivity contribution < 1.29 is 4.92 Å². The Morgan fingerprint density at radius 2 is 1.96 bits per heavy atom. The summed E-state index contributed by atoms with van der Waals surface area (Å²) in [5.74, 6) is 0.729. The van der Waals surface area contributed by atoms with Crippen LogP contribution in [0.25, 0.3) is 16.6 Å². The van der Waals surface area contributed by atoms with E-state index in [0.29, 0.717) is 0 Å². The van der Waals surface area contributed by atoms with Crippen LogP contribution in [0.15, 0.2) is 54.6 Å². The Labute approximate surface area is 149 Å². The Hall–Kier alpha value is -3.48. The summed E-state index contributed by atoms with van der Waals surface area (Å²) in [6, 6.07) is 16.3. The van der Waals surface area contributed by atoms with Crippen LogP contribution in [0.3, 0.4) is 0 Å². The quantitative estimate of drug-likeness (QED) is 0.440. The molecule has 1 N–H and O–H groups in total. The average molecular weight is 347 g/mol. The molecular formula is C19H17N5O2. The molecule has 0 aliphatic carbocycles. The number of fused-ring (bicyclic) bond motifs is 3. The van der Waals surface area contributed by atoms with Crippen LogP contribution in [0, 0.1) is 17.0 Å². The molecule has 2 heterocycles. The number of hydrogen-bond acceptors (Lipinski definition) is 5. The molecule has 0 amide bonds. The van der Waals surface area contributed by atoms with Gasteiger partial charge >= 0.3 is 0 Å². The maximum Gasteiger partial charge on any atom is 0.269 e. The molecular weight excluding hydrogens is 330 g/mol. The summed E-state index contributed by atoms with van der Waals surface area (Å²) in [5, 5.41) is 19.9. The summed E-state index contributed by atoms with van der Waals surface area (Å²) in [4.78, 5) is 15.3. The number of nitrogens with one attached hydrogen (secondary N) is 1. The molecule has 4 aromatic rings. The van der Waals surface area contributed by atoms with Crippen molar-refractivity contribution in [2.45, 2.75) is 19.9 Å². The first kappa shape index (κ1) is 16.0. The van der Waals surface area contributed by atoms with Crippen LogP contribution < -0.4 is 5.32 Å². The van der Waals surface area contributed by atoms with Crippen molar-refractivity contribution in [1.29, 1.82) is 0 Å². The molecule has 26 heavy (non-hydrogen) atoms. The topological polar surface area (TPSA) is 85.4 Å². The number of anilines is 1. The van der Waals surface area contributed by atoms with Gasteiger partial charge in [0, 0.05) is 23.6 Å². The standard InChI is InChI=1S/C19H17N5O2/c1-12-10-18-21-19(16-8-3-4-9-17(16)23(18)22-12)20-13(2)14-6-5-7-15(11-14)24(25)26/h3-11,13H,1-2H3,(H,20,21)/t13-/m1/s1. The third kappa shape index (κ3) is 2.73. The van der Waals surface area contributed by atoms with Crippen LogP contribution in [-0.4, -0.2) is 19.5 Å². The van der Waals surface area contributed by atoms with Crippen LogP contribution in [0.4, 0.5) is 11.5 Å². The summed E-state index contributed by atoms with van der Waals surface area (Å²) in [6.45, 7) is 3.89. The molecule has 0 aliphatic rings. The number of rotatable bonds is 4. The van der Waals surface area contributed by atoms with Crippen molar-refractivity contribution >= 4 is 28.1 Å². The summed E-state index contributed by atoms with van der Waals surface area (Å²) in [6.07, 6.45) is 0. The molecule has 0 radical (unpaired) electrons. The smallest absolute Gasteiger partial charge is 0.269 e. The lowest BCUT2D eigenvalue weighted by molar-refractivity contribution is -0.384. The number of benzene rings is 2. The van der Waals surface area contributed by atoms with Gasteiger partial charge in [0.05, 0.1) is 22.2 Å². The fraction of sp³-hybridized carbons (Fsp3) is 0.158. The van der Waals surface area contributed by atoms with Gasteiger partial charge in [-0.2, -0.15) is 5.10 Å². The van der Waals surface area contributed by atoms with Crippen molar-refractivity contribution in [3.8, 4) is 0 Å². The molecule has 0 saturated carbocycles. The average Bonchev–Trinajstić information content (AvgIpc) is 3.02. The minimum Gasteiger partial charge on any atom is -0.363 e. The number of aromatic nitrogens is 3. The number of non-ortho nitro benzene ring substituents is 1. The Morgan fingerprint density at radius 3 is 2.77 bits per heavy atom. The third-order valence-corrected chi connectivity index (χ3v) is 4.36. The molecule has 4 rings (SSSR count). The largest absolute Gasteiger partial charge is 0.363 e. The second-order valence-electron chi connectivity index (χ2n) is 6.25. The highest BCUT2D eigenvalue weighted by atomic mass is 16.6. The highest BCUT2D eigenvalue weighted by Gasteiger charge is 2.15. The zero-order valence-electron chi connectivity index (χ0n) is 14.4. The van der Waals surface area contributed by atoms with Crippen molar-refractivity contribution in [3.63, 3.8) is 0 Å². The van der Waals surface area contributed by atoms with E-state index in [-0.39, 0.29) is 16.7 Å². The van der Waals surface area contributed by atoms with Crippen LogP contribution in [-0.2, 0) is 0 Å². The lowest BCUT2D eigenvalue weighted by atomic mass is 10.1. The number of aryl methyl sites for hydroxylation is 1. The molecule has 0 aliphatic heterocycles. The summed E-state index contributed by atoms with van der Waals surface area (Å²) >= 11 is 0. The van der Waals surface area contributed by atoms with Crippen LogP contribution in [0.2, 0.25) is 0 Å². The number of hydrogen-bond donors (Lipinski definition) is 1. The Morgan fingerprint density at radius 1 is 1.15 bits per heavy atom. The third-order valence-electron chi connectivity index (χ3n) is 4.36. The van der Waals surface area contributed by atoms with E-state index < -0.39 is 0 Å². The predicted molar refractivity (Wildman–Crippen MR) is 100 cm³/mol. The van der Waals surface area contributed by atoms with Gasteiger partial charge in [-0.15, -0.1) is 0 Å². The Kier molecular flexibility index (Phi) is 3.76. The van der Waals surface area contributed by atoms with Crippen LogP contribution in [0.5, 0.6) is 0 Å². The van der Waals surface area contributed by atoms with Gasteiger partial charge in [0.15, 0.2) is 5.65 Å². The van der Waals surface area contributed by atoms with Gasteiger partial charge in [-0.3, -0.25) is 10.1 Å². The van der Waals surface area contributed by atoms with Gasteiger partial charge in [0.25, 0.3) is 5.69 Å². The first-order chi connectivity index (χ1) is 12.5. The SMILES string of the molecule is Cc1cc2nc(N[C@H](C)c3cccc([N+](=O)[O-])c3)c3ccccc3n2n1. The van der Waals surface area contributed by atoms with Gasteiger partial charge < -0.3 is 5.32 Å². The molecule has 0 saturated heterocycles. The van der Waals surface area contributed by atoms with E-state index in [1.807, 2.05) is 54.8 Å². The van der Waals surface area contributed by atoms with Gasteiger partial charge in [-0.05, 0) is 31.5 Å². The maximum absolute atomic E-state index is 11.0. The van der Waals surface area contributed by atoms with E-state index in [4.69, 9.17) is 4.98 Å². The fourth-order valence-corrected chi connectivity index (χ4v) is 3.08. The van der Waals surface area contributed by atoms with Gasteiger partial charge in [0.1, 0.15) is 5.82 Å². The minimum absolute atomic E-state index is 0.0795. The van der Waals surface area contributed by atoms with Crippen molar-refractivity contribution in [3.05, 3.63) is 76.0 Å². The first-order valence-electron chi connectivity index (χ1n) is 8.29. The molecule has 2 aromatic carbocycles. The number of nitrogens with zero attached hydrogens (tertiary/aromatic N) is 4. The summed E-state index contributed by atoms with van der Waals surface area (Å²) < 4.78 is 1.83. The van der Waals surface area contributed by atoms with E-state index in [9.17, 15) is 10.1 Å². The zero-order valence-corrected chi connectivity index (χ0v) is 14.4. The molecule has 0 bridgehead atoms. The summed E-state index contributed by atoms with van der Waals surface area (Å²) in [7, 11) is 0. The van der Waals surface area contributed by atoms with E-state index in [0.717, 1.165) is 33.6 Å². The lowest BCUT2D eigenvalue weighted by Gasteiger charge is -2.17. The molecule has 130 valence electrons. The second-order valence-corrected chi connectivity index (χ2v) is 6.25. The van der Waals surface area contributed by atoms with Gasteiger partial charge in [0.2, 0.25) is 0 Å². The van der Waals surface area contributed by atoms with Crippen molar-refractivity contribution in [2.75, 3.05) is 5.32 Å². The van der Waals surface area contributed by atoms with E-state index >= 15 is 0 Å². The second kappa shape index (κ2) is 6.11. The molecule has 2 aromatic heterocycles. The normalized spacial score (nSPS) is 12.4. The number of nitro groups is 1. The highest BCUT2D eigenvalue weighted by Crippen LogP contribution is 2.28. The number of para-hydroxylation sites is 1. The summed E-state index contributed by atoms with van der Waals surface area (Å²) in [5.41, 5.74) is 3.52. The van der Waals surface area contributed by atoms with Crippen molar-refractivity contribution in [2.24, 2.45) is 0 Å². The van der Waals surface area contributed by atoms with Crippen LogP contribution in [0.1, 0.15) is 24.2 Å². The molecule has 7 heteroatoms. The van der Waals surface area contributed by atoms with Gasteiger partial charge in [-0.25, -0.2) is 9.50 Å². The maximum atomic E-state index is 11.0. The first-order valence-corrected chi connectivity index (χ1v) is 8.29. The predicted octanol–water partition coefficient (Wildman–Crippen LogP) is 4.27. The van der Waals surface area contributed by atoms with E-state index in [1.165, 1.54) is 6.07 Å². The Balaban J connectivity index is 1.78. The molecule has 1 atom stereocenters. The monoisotopic (exact) mass is 347 g/mol. The van der Waals surface area contributed by atoms with E-state index in [2.05, 4.69) is 10.4 Å². The van der Waals surface area contributed by atoms with E-state index in [1.54, 1.807) is 12.1 Å². The Bertz CT molecular complexity index is 1140. The minimum atomic E-state index is -0.384. The fourth-order valence-electron chi connectivity index (χ4n) is 3.08. The zero-order chi connectivity index (χ0) is 18.3. The van der Waals surface area contributed by atoms with Gasteiger partial charge in [-0.1, -0.05) is 24.3 Å². The highest BCUT2D eigenvalue weighted by molar-refractivity contribution is 5.91.